The molecule has 0 unspecified atom stereocenters. The maximum absolute atomic E-state index is 12.4. The number of rotatable bonds is 7. The van der Waals surface area contributed by atoms with E-state index in [1.165, 1.54) is 0 Å². The van der Waals surface area contributed by atoms with Gasteiger partial charge in [0.05, 0.1) is 25.7 Å². The van der Waals surface area contributed by atoms with Crippen molar-refractivity contribution in [3.8, 4) is 11.8 Å². The number of anilines is 1. The van der Waals surface area contributed by atoms with E-state index >= 15 is 0 Å². The first-order chi connectivity index (χ1) is 15.6. The molecule has 4 atom stereocenters. The highest BCUT2D eigenvalue weighted by Crippen LogP contribution is 2.36. The van der Waals surface area contributed by atoms with Gasteiger partial charge in [0.25, 0.3) is 0 Å². The smallest absolute Gasteiger partial charge is 0.341 e. The fourth-order valence-electron chi connectivity index (χ4n) is 4.03. The number of carbonyl (C=O) groups is 1. The highest BCUT2D eigenvalue weighted by Gasteiger charge is 2.50. The summed E-state index contributed by atoms with van der Waals surface area (Å²) in [7, 11) is 3.93. The van der Waals surface area contributed by atoms with Gasteiger partial charge in [-0.1, -0.05) is 17.2 Å². The summed E-state index contributed by atoms with van der Waals surface area (Å²) in [5.41, 5.74) is 1.01. The third kappa shape index (κ3) is 4.18. The maximum Gasteiger partial charge on any atom is 0.341 e. The van der Waals surface area contributed by atoms with Crippen LogP contribution in [0.1, 0.15) is 10.9 Å². The molecule has 3 aromatic rings. The summed E-state index contributed by atoms with van der Waals surface area (Å²) in [4.78, 5) is 15.4. The average molecular weight is 457 g/mol. The molecule has 0 radical (unpaired) electrons. The number of fused-ring (bicyclic) bond motifs is 1. The molecule has 2 saturated heterocycles. The van der Waals surface area contributed by atoms with Crippen molar-refractivity contribution in [2.75, 3.05) is 32.2 Å². The fourth-order valence-corrected chi connectivity index (χ4v) is 4.74. The van der Waals surface area contributed by atoms with Gasteiger partial charge in [0.1, 0.15) is 24.0 Å². The fraction of sp³-hybridized carbons (Fsp3) is 0.429. The van der Waals surface area contributed by atoms with Crippen molar-refractivity contribution < 1.29 is 19.0 Å². The van der Waals surface area contributed by atoms with Gasteiger partial charge >= 0.3 is 6.01 Å². The van der Waals surface area contributed by atoms with Crippen LogP contribution in [0.15, 0.2) is 41.8 Å². The SMILES string of the molecule is CN(C)c1cccc(Oc2nnnn2[C@@H]2CO[C@@H]3[C@@H]2OC[C@@H]3NC(=O)Cc2cccs2)c1. The Balaban J connectivity index is 1.25. The summed E-state index contributed by atoms with van der Waals surface area (Å²) in [6.45, 7) is 0.747. The summed E-state index contributed by atoms with van der Waals surface area (Å²) in [5, 5.41) is 17.0. The Morgan fingerprint density at radius 1 is 1.25 bits per heavy atom. The molecule has 2 aromatic heterocycles. The predicted octanol–water partition coefficient (Wildman–Crippen LogP) is 1.66. The Morgan fingerprint density at radius 3 is 2.94 bits per heavy atom. The second-order valence-corrected chi connectivity index (χ2v) is 9.03. The van der Waals surface area contributed by atoms with E-state index in [-0.39, 0.29) is 36.2 Å². The minimum Gasteiger partial charge on any atom is -0.423 e. The van der Waals surface area contributed by atoms with Crippen LogP contribution in [-0.2, 0) is 20.7 Å². The van der Waals surface area contributed by atoms with Gasteiger partial charge in [-0.25, -0.2) is 0 Å². The molecule has 168 valence electrons. The first kappa shape index (κ1) is 20.9. The van der Waals surface area contributed by atoms with Crippen LogP contribution in [0.2, 0.25) is 0 Å². The number of nitrogens with zero attached hydrogens (tertiary/aromatic N) is 5. The monoisotopic (exact) mass is 456 g/mol. The Hall–Kier alpha value is -3.02. The minimum absolute atomic E-state index is 0.0408. The normalized spacial score (nSPS) is 24.3. The molecule has 0 bridgehead atoms. The third-order valence-corrected chi connectivity index (χ3v) is 6.48. The van der Waals surface area contributed by atoms with Crippen molar-refractivity contribution in [3.05, 3.63) is 46.7 Å². The number of amides is 1. The van der Waals surface area contributed by atoms with E-state index in [0.717, 1.165) is 10.6 Å². The molecule has 5 rings (SSSR count). The molecule has 4 heterocycles. The molecule has 1 N–H and O–H groups in total. The molecule has 1 amide bonds. The third-order valence-electron chi connectivity index (χ3n) is 5.61. The van der Waals surface area contributed by atoms with Crippen molar-refractivity contribution in [3.63, 3.8) is 0 Å². The molecule has 0 spiro atoms. The molecule has 11 heteroatoms. The van der Waals surface area contributed by atoms with Gasteiger partial charge in [0.2, 0.25) is 5.91 Å². The number of thiophene rings is 1. The number of hydrogen-bond acceptors (Lipinski definition) is 9. The highest BCUT2D eigenvalue weighted by atomic mass is 32.1. The number of nitrogens with one attached hydrogen (secondary N) is 1. The molecule has 0 aliphatic carbocycles. The van der Waals surface area contributed by atoms with E-state index in [4.69, 9.17) is 14.2 Å². The quantitative estimate of drug-likeness (QED) is 0.573. The van der Waals surface area contributed by atoms with Crippen LogP contribution in [0.3, 0.4) is 0 Å². The van der Waals surface area contributed by atoms with E-state index in [1.54, 1.807) is 16.0 Å². The van der Waals surface area contributed by atoms with Crippen LogP contribution in [0.4, 0.5) is 5.69 Å². The average Bonchev–Trinajstić information content (AvgIpc) is 3.55. The number of benzene rings is 1. The minimum atomic E-state index is -0.277. The van der Waals surface area contributed by atoms with Crippen LogP contribution in [-0.4, -0.2) is 71.7 Å². The number of ether oxygens (including phenoxy) is 3. The molecule has 1 aromatic carbocycles. The second kappa shape index (κ2) is 8.85. The van der Waals surface area contributed by atoms with Gasteiger partial charge in [0.15, 0.2) is 0 Å². The van der Waals surface area contributed by atoms with Crippen LogP contribution >= 0.6 is 11.3 Å². The van der Waals surface area contributed by atoms with Gasteiger partial charge in [0, 0.05) is 30.7 Å². The number of aromatic nitrogens is 4. The summed E-state index contributed by atoms with van der Waals surface area (Å²) >= 11 is 1.57. The first-order valence-corrected chi connectivity index (χ1v) is 11.2. The Bertz CT molecular complexity index is 1070. The summed E-state index contributed by atoms with van der Waals surface area (Å²) in [5.74, 6) is 0.592. The van der Waals surface area contributed by atoms with Crippen molar-refractivity contribution >= 4 is 22.9 Å². The number of tetrazole rings is 1. The van der Waals surface area contributed by atoms with Crippen molar-refractivity contribution in [2.24, 2.45) is 0 Å². The lowest BCUT2D eigenvalue weighted by atomic mass is 10.1. The zero-order chi connectivity index (χ0) is 22.1. The van der Waals surface area contributed by atoms with Gasteiger partial charge in [-0.15, -0.1) is 11.3 Å². The van der Waals surface area contributed by atoms with E-state index < -0.39 is 0 Å². The van der Waals surface area contributed by atoms with Gasteiger partial charge in [-0.2, -0.15) is 4.68 Å². The zero-order valence-corrected chi connectivity index (χ0v) is 18.6. The van der Waals surface area contributed by atoms with E-state index in [0.29, 0.717) is 25.4 Å². The van der Waals surface area contributed by atoms with Crippen molar-refractivity contribution in [2.45, 2.75) is 30.7 Å². The number of hydrogen-bond donors (Lipinski definition) is 1. The first-order valence-electron chi connectivity index (χ1n) is 10.4. The standard InChI is InChI=1S/C21H24N6O4S/c1-26(2)13-5-3-6-14(9-13)31-21-23-24-25-27(21)17-12-30-19-16(11-29-20(17)19)22-18(28)10-15-7-4-8-32-15/h3-9,16-17,19-20H,10-12H2,1-2H3,(H,22,28)/t16-,17+,19-,20+/m0/s1. The van der Waals surface area contributed by atoms with Crippen molar-refractivity contribution in [1.82, 2.24) is 25.5 Å². The summed E-state index contributed by atoms with van der Waals surface area (Å²) < 4.78 is 19.6. The Kier molecular flexibility index (Phi) is 5.77. The van der Waals surface area contributed by atoms with Gasteiger partial charge in [-0.3, -0.25) is 4.79 Å². The van der Waals surface area contributed by atoms with Gasteiger partial charge < -0.3 is 24.4 Å². The van der Waals surface area contributed by atoms with E-state index in [2.05, 4.69) is 20.8 Å². The largest absolute Gasteiger partial charge is 0.423 e. The molecular formula is C21H24N6O4S. The zero-order valence-electron chi connectivity index (χ0n) is 17.7. The Labute approximate surface area is 189 Å². The van der Waals surface area contributed by atoms with E-state index in [1.807, 2.05) is 60.8 Å². The highest BCUT2D eigenvalue weighted by molar-refractivity contribution is 7.10. The molecule has 10 nitrogen and oxygen atoms in total. The lowest BCUT2D eigenvalue weighted by molar-refractivity contribution is -0.121. The van der Waals surface area contributed by atoms with E-state index in [9.17, 15) is 4.79 Å². The molecule has 2 fully saturated rings. The van der Waals surface area contributed by atoms with Crippen LogP contribution in [0.5, 0.6) is 11.8 Å². The van der Waals surface area contributed by atoms with Gasteiger partial charge in [-0.05, 0) is 34.0 Å². The lowest BCUT2D eigenvalue weighted by Gasteiger charge is -2.18. The lowest BCUT2D eigenvalue weighted by Crippen LogP contribution is -2.44. The molecule has 0 saturated carbocycles. The predicted molar refractivity (Wildman–Crippen MR) is 117 cm³/mol. The Morgan fingerprint density at radius 2 is 2.12 bits per heavy atom. The van der Waals surface area contributed by atoms with Crippen LogP contribution in [0.25, 0.3) is 0 Å². The molecular weight excluding hydrogens is 432 g/mol. The number of carbonyl (C=O) groups excluding carboxylic acids is 1. The summed E-state index contributed by atoms with van der Waals surface area (Å²) in [6, 6.07) is 11.4. The molecule has 32 heavy (non-hydrogen) atoms. The molecule has 2 aliphatic rings. The van der Waals surface area contributed by atoms with Crippen LogP contribution in [0, 0.1) is 0 Å². The van der Waals surface area contributed by atoms with Crippen LogP contribution < -0.4 is 15.0 Å². The summed E-state index contributed by atoms with van der Waals surface area (Å²) in [6.07, 6.45) is -0.186. The topological polar surface area (TPSA) is 104 Å². The van der Waals surface area contributed by atoms with Crippen molar-refractivity contribution in [1.29, 1.82) is 0 Å². The maximum atomic E-state index is 12.4. The second-order valence-electron chi connectivity index (χ2n) is 7.99. The molecule has 2 aliphatic heterocycles.